The van der Waals surface area contributed by atoms with Crippen LogP contribution in [-0.4, -0.2) is 41.3 Å². The van der Waals surface area contributed by atoms with E-state index in [-0.39, 0.29) is 0 Å². The third-order valence-corrected chi connectivity index (χ3v) is 3.49. The third-order valence-electron chi connectivity index (χ3n) is 2.60. The van der Waals surface area contributed by atoms with Crippen LogP contribution in [0.4, 0.5) is 5.82 Å². The Morgan fingerprint density at radius 1 is 1.47 bits per heavy atom. The van der Waals surface area contributed by atoms with Gasteiger partial charge in [0.2, 0.25) is 0 Å². The molecular formula is C11H19N5S. The molecule has 0 bridgehead atoms. The second-order valence-electron chi connectivity index (χ2n) is 4.52. The molecule has 0 aromatic carbocycles. The lowest BCUT2D eigenvalue weighted by molar-refractivity contribution is 0.437. The molecular weight excluding hydrogens is 234 g/mol. The highest BCUT2D eigenvalue weighted by molar-refractivity contribution is 7.99. The number of nitrogens with one attached hydrogen (secondary N) is 1. The zero-order valence-corrected chi connectivity index (χ0v) is 11.1. The number of nitrogen functional groups attached to an aromatic ring is 1. The van der Waals surface area contributed by atoms with Crippen LogP contribution >= 0.6 is 11.8 Å². The fourth-order valence-electron chi connectivity index (χ4n) is 1.45. The predicted molar refractivity (Wildman–Crippen MR) is 71.1 cm³/mol. The zero-order chi connectivity index (χ0) is 12.3. The number of aromatic nitrogens is 2. The average molecular weight is 253 g/mol. The first-order valence-corrected chi connectivity index (χ1v) is 6.80. The first-order valence-electron chi connectivity index (χ1n) is 5.82. The first kappa shape index (κ1) is 12.6. The number of hydrazine groups is 1. The zero-order valence-electron chi connectivity index (χ0n) is 10.3. The van der Waals surface area contributed by atoms with Crippen LogP contribution in [0.5, 0.6) is 0 Å². The van der Waals surface area contributed by atoms with Gasteiger partial charge < -0.3 is 10.3 Å². The van der Waals surface area contributed by atoms with E-state index in [4.69, 9.17) is 5.84 Å². The van der Waals surface area contributed by atoms with Gasteiger partial charge in [0.05, 0.1) is 0 Å². The number of nitrogens with two attached hydrogens (primary N) is 1. The summed E-state index contributed by atoms with van der Waals surface area (Å²) in [5, 5.41) is 1.01. The van der Waals surface area contributed by atoms with E-state index in [9.17, 15) is 0 Å². The molecule has 6 heteroatoms. The highest BCUT2D eigenvalue weighted by atomic mass is 32.2. The first-order chi connectivity index (χ1) is 8.19. The van der Waals surface area contributed by atoms with Gasteiger partial charge in [0, 0.05) is 24.3 Å². The number of nitrogens with zero attached hydrogens (tertiary/aromatic N) is 3. The molecule has 0 saturated heterocycles. The van der Waals surface area contributed by atoms with Gasteiger partial charge >= 0.3 is 0 Å². The summed E-state index contributed by atoms with van der Waals surface area (Å²) in [4.78, 5) is 11.1. The molecule has 1 aromatic rings. The van der Waals surface area contributed by atoms with Crippen LogP contribution in [0.2, 0.25) is 0 Å². The Bertz CT molecular complexity index is 378. The van der Waals surface area contributed by atoms with Crippen molar-refractivity contribution in [1.29, 1.82) is 0 Å². The Morgan fingerprint density at radius 2 is 2.24 bits per heavy atom. The molecule has 1 aliphatic rings. The summed E-state index contributed by atoms with van der Waals surface area (Å²) in [5.74, 6) is 8.66. The molecule has 1 aromatic heterocycles. The maximum atomic E-state index is 5.43. The van der Waals surface area contributed by atoms with Gasteiger partial charge in [-0.2, -0.15) is 0 Å². The van der Waals surface area contributed by atoms with Crippen molar-refractivity contribution in [3.05, 3.63) is 11.9 Å². The molecule has 1 heterocycles. The van der Waals surface area contributed by atoms with Gasteiger partial charge in [-0.15, -0.1) is 11.8 Å². The SMILES string of the molecule is CN(C)CCSc1cc(NN)nc(C2CC2)n1. The lowest BCUT2D eigenvalue weighted by Crippen LogP contribution is -2.15. The van der Waals surface area contributed by atoms with Crippen molar-refractivity contribution >= 4 is 17.6 Å². The van der Waals surface area contributed by atoms with E-state index < -0.39 is 0 Å². The topological polar surface area (TPSA) is 67.1 Å². The third kappa shape index (κ3) is 3.83. The molecule has 1 aliphatic carbocycles. The average Bonchev–Trinajstić information content (AvgIpc) is 3.12. The number of anilines is 1. The van der Waals surface area contributed by atoms with Crippen LogP contribution in [0.3, 0.4) is 0 Å². The van der Waals surface area contributed by atoms with Crippen LogP contribution in [0.25, 0.3) is 0 Å². The molecule has 0 atom stereocenters. The van der Waals surface area contributed by atoms with Crippen LogP contribution in [0.1, 0.15) is 24.6 Å². The lowest BCUT2D eigenvalue weighted by atomic mass is 10.4. The number of hydrogen-bond acceptors (Lipinski definition) is 6. The molecule has 94 valence electrons. The van der Waals surface area contributed by atoms with Crippen LogP contribution in [-0.2, 0) is 0 Å². The van der Waals surface area contributed by atoms with E-state index >= 15 is 0 Å². The molecule has 0 spiro atoms. The molecule has 1 fully saturated rings. The van der Waals surface area contributed by atoms with Gasteiger partial charge in [-0.3, -0.25) is 0 Å². The molecule has 1 saturated carbocycles. The van der Waals surface area contributed by atoms with Gasteiger partial charge in [0.15, 0.2) is 0 Å². The molecule has 0 amide bonds. The van der Waals surface area contributed by atoms with E-state index in [2.05, 4.69) is 34.4 Å². The fourth-order valence-corrected chi connectivity index (χ4v) is 2.47. The van der Waals surface area contributed by atoms with E-state index in [1.54, 1.807) is 11.8 Å². The summed E-state index contributed by atoms with van der Waals surface area (Å²) in [6, 6.07) is 1.91. The molecule has 0 radical (unpaired) electrons. The van der Waals surface area contributed by atoms with Gasteiger partial charge in [-0.25, -0.2) is 15.8 Å². The van der Waals surface area contributed by atoms with Crippen molar-refractivity contribution in [3.63, 3.8) is 0 Å². The number of hydrogen-bond donors (Lipinski definition) is 2. The highest BCUT2D eigenvalue weighted by Crippen LogP contribution is 2.39. The van der Waals surface area contributed by atoms with Crippen LogP contribution < -0.4 is 11.3 Å². The van der Waals surface area contributed by atoms with Crippen LogP contribution in [0, 0.1) is 0 Å². The standard InChI is InChI=1S/C11H19N5S/c1-16(2)5-6-17-10-7-9(15-12)13-11(14-10)8-3-4-8/h7-8H,3-6,12H2,1-2H3,(H,13,14,15). The molecule has 5 nitrogen and oxygen atoms in total. The second-order valence-corrected chi connectivity index (χ2v) is 5.64. The van der Waals surface area contributed by atoms with E-state index in [1.807, 2.05) is 6.07 Å². The van der Waals surface area contributed by atoms with Crippen molar-refractivity contribution in [2.45, 2.75) is 23.8 Å². The van der Waals surface area contributed by atoms with Gasteiger partial charge in [0.25, 0.3) is 0 Å². The van der Waals surface area contributed by atoms with Crippen molar-refractivity contribution in [3.8, 4) is 0 Å². The fraction of sp³-hybridized carbons (Fsp3) is 0.636. The van der Waals surface area contributed by atoms with Crippen molar-refractivity contribution in [2.24, 2.45) is 5.84 Å². The van der Waals surface area contributed by atoms with E-state index in [0.717, 1.165) is 23.1 Å². The van der Waals surface area contributed by atoms with Crippen molar-refractivity contribution in [1.82, 2.24) is 14.9 Å². The van der Waals surface area contributed by atoms with Crippen molar-refractivity contribution < 1.29 is 0 Å². The Morgan fingerprint density at radius 3 is 2.82 bits per heavy atom. The maximum Gasteiger partial charge on any atom is 0.144 e. The molecule has 2 rings (SSSR count). The van der Waals surface area contributed by atoms with E-state index in [1.165, 1.54) is 12.8 Å². The van der Waals surface area contributed by atoms with Gasteiger partial charge in [0.1, 0.15) is 16.7 Å². The highest BCUT2D eigenvalue weighted by Gasteiger charge is 2.27. The summed E-state index contributed by atoms with van der Waals surface area (Å²) >= 11 is 1.75. The largest absolute Gasteiger partial charge is 0.309 e. The lowest BCUT2D eigenvalue weighted by Gasteiger charge is -2.09. The van der Waals surface area contributed by atoms with E-state index in [0.29, 0.717) is 11.7 Å². The van der Waals surface area contributed by atoms with Crippen LogP contribution in [0.15, 0.2) is 11.1 Å². The molecule has 0 aliphatic heterocycles. The Labute approximate surface area is 106 Å². The smallest absolute Gasteiger partial charge is 0.144 e. The number of rotatable bonds is 6. The Hall–Kier alpha value is -0.850. The quantitative estimate of drug-likeness (QED) is 0.345. The minimum absolute atomic E-state index is 0.552. The minimum atomic E-state index is 0.552. The molecule has 3 N–H and O–H groups in total. The summed E-state index contributed by atoms with van der Waals surface area (Å²) < 4.78 is 0. The second kappa shape index (κ2) is 5.66. The maximum absolute atomic E-state index is 5.43. The summed E-state index contributed by atoms with van der Waals surface area (Å²) in [6.45, 7) is 1.04. The molecule has 0 unspecified atom stereocenters. The Kier molecular flexibility index (Phi) is 4.20. The molecule has 17 heavy (non-hydrogen) atoms. The monoisotopic (exact) mass is 253 g/mol. The normalized spacial score (nSPS) is 15.3. The summed E-state index contributed by atoms with van der Waals surface area (Å²) in [7, 11) is 4.14. The van der Waals surface area contributed by atoms with Gasteiger partial charge in [-0.1, -0.05) is 0 Å². The van der Waals surface area contributed by atoms with Gasteiger partial charge in [-0.05, 0) is 26.9 Å². The summed E-state index contributed by atoms with van der Waals surface area (Å²) in [6.07, 6.45) is 2.41. The number of thioether (sulfide) groups is 1. The Balaban J connectivity index is 2.01. The predicted octanol–water partition coefficient (Wildman–Crippen LogP) is 1.29. The van der Waals surface area contributed by atoms with Crippen molar-refractivity contribution in [2.75, 3.05) is 31.8 Å². The summed E-state index contributed by atoms with van der Waals surface area (Å²) in [5.41, 5.74) is 2.61. The minimum Gasteiger partial charge on any atom is -0.309 e.